The maximum atomic E-state index is 13.4. The second kappa shape index (κ2) is 6.95. The van der Waals surface area contributed by atoms with Crippen molar-refractivity contribution >= 4 is 5.69 Å². The summed E-state index contributed by atoms with van der Waals surface area (Å²) in [7, 11) is 0. The van der Waals surface area contributed by atoms with Crippen molar-refractivity contribution in [3.8, 4) is 11.4 Å². The molecule has 20 heavy (non-hydrogen) atoms. The number of aromatic nitrogens is 4. The van der Waals surface area contributed by atoms with Gasteiger partial charge in [-0.05, 0) is 35.0 Å². The third-order valence-electron chi connectivity index (χ3n) is 2.80. The Balaban J connectivity index is 2.04. The molecule has 2 aromatic rings. The number of rotatable bonds is 7. The lowest BCUT2D eigenvalue weighted by atomic mass is 10.2. The Kier molecular flexibility index (Phi) is 5.00. The maximum Gasteiger partial charge on any atom is 0.182 e. The van der Waals surface area contributed by atoms with Crippen LogP contribution in [0.1, 0.15) is 19.8 Å². The molecule has 0 saturated carbocycles. The topological polar surface area (TPSA) is 78.8 Å². The summed E-state index contributed by atoms with van der Waals surface area (Å²) in [6, 6.07) is 4.26. The van der Waals surface area contributed by atoms with Gasteiger partial charge >= 0.3 is 0 Å². The van der Waals surface area contributed by atoms with Gasteiger partial charge in [0.15, 0.2) is 5.82 Å². The van der Waals surface area contributed by atoms with Crippen LogP contribution in [0.2, 0.25) is 0 Å². The molecule has 1 heterocycles. The first-order chi connectivity index (χ1) is 9.70. The van der Waals surface area contributed by atoms with Crippen molar-refractivity contribution in [2.24, 2.45) is 0 Å². The second-order valence-corrected chi connectivity index (χ2v) is 4.46. The minimum Gasteiger partial charge on any atom is -0.399 e. The molecule has 0 atom stereocenters. The molecule has 2 N–H and O–H groups in total. The number of hydrogen-bond acceptors (Lipinski definition) is 5. The van der Waals surface area contributed by atoms with Crippen LogP contribution in [0, 0.1) is 5.82 Å². The van der Waals surface area contributed by atoms with Gasteiger partial charge in [0.2, 0.25) is 0 Å². The van der Waals surface area contributed by atoms with Crippen LogP contribution in [0.15, 0.2) is 18.2 Å². The van der Waals surface area contributed by atoms with Crippen LogP contribution < -0.4 is 5.73 Å². The highest BCUT2D eigenvalue weighted by Gasteiger charge is 2.10. The van der Waals surface area contributed by atoms with Crippen LogP contribution in [0.4, 0.5) is 10.1 Å². The molecule has 2 rings (SSSR count). The number of tetrazole rings is 1. The smallest absolute Gasteiger partial charge is 0.182 e. The Labute approximate surface area is 116 Å². The highest BCUT2D eigenvalue weighted by molar-refractivity contribution is 5.61. The summed E-state index contributed by atoms with van der Waals surface area (Å²) in [4.78, 5) is 0. The Bertz CT molecular complexity index is 537. The Morgan fingerprint density at radius 3 is 2.90 bits per heavy atom. The fourth-order valence-corrected chi connectivity index (χ4v) is 1.80. The van der Waals surface area contributed by atoms with Gasteiger partial charge in [-0.2, -0.15) is 0 Å². The van der Waals surface area contributed by atoms with Gasteiger partial charge in [0.25, 0.3) is 0 Å². The van der Waals surface area contributed by atoms with Crippen molar-refractivity contribution in [2.75, 3.05) is 18.9 Å². The van der Waals surface area contributed by atoms with Gasteiger partial charge in [-0.1, -0.05) is 13.3 Å². The van der Waals surface area contributed by atoms with E-state index >= 15 is 0 Å². The second-order valence-electron chi connectivity index (χ2n) is 4.46. The minimum absolute atomic E-state index is 0.341. The molecule has 0 bridgehead atoms. The molecule has 1 aromatic heterocycles. The summed E-state index contributed by atoms with van der Waals surface area (Å²) in [5.74, 6) is 0.0732. The summed E-state index contributed by atoms with van der Waals surface area (Å²) < 4.78 is 20.4. The number of unbranched alkanes of at least 4 members (excludes halogenated alkanes) is 1. The zero-order valence-corrected chi connectivity index (χ0v) is 11.4. The van der Waals surface area contributed by atoms with Gasteiger partial charge in [0, 0.05) is 17.9 Å². The van der Waals surface area contributed by atoms with Gasteiger partial charge in [-0.25, -0.2) is 9.07 Å². The summed E-state index contributed by atoms with van der Waals surface area (Å²) in [6.45, 7) is 3.86. The molecular weight excluding hydrogens is 261 g/mol. The molecule has 7 heteroatoms. The standard InChI is InChI=1S/C13H18FN5O/c1-2-3-5-20-6-4-19-13(16-17-18-19)10-7-11(14)9-12(15)8-10/h7-9H,2-6,15H2,1H3. The van der Waals surface area contributed by atoms with Crippen molar-refractivity contribution in [1.29, 1.82) is 0 Å². The molecule has 0 radical (unpaired) electrons. The van der Waals surface area contributed by atoms with Gasteiger partial charge in [-0.3, -0.25) is 0 Å². The first kappa shape index (κ1) is 14.4. The van der Waals surface area contributed by atoms with Crippen LogP contribution in [-0.2, 0) is 11.3 Å². The molecule has 0 aliphatic carbocycles. The van der Waals surface area contributed by atoms with E-state index in [9.17, 15) is 4.39 Å². The van der Waals surface area contributed by atoms with Crippen LogP contribution in [0.3, 0.4) is 0 Å². The summed E-state index contributed by atoms with van der Waals surface area (Å²) in [6.07, 6.45) is 2.13. The van der Waals surface area contributed by atoms with Gasteiger partial charge in [0.1, 0.15) is 5.82 Å². The van der Waals surface area contributed by atoms with Crippen molar-refractivity contribution < 1.29 is 9.13 Å². The minimum atomic E-state index is -0.409. The molecule has 6 nitrogen and oxygen atoms in total. The van der Waals surface area contributed by atoms with E-state index in [4.69, 9.17) is 10.5 Å². The number of nitrogens with zero attached hydrogens (tertiary/aromatic N) is 4. The maximum absolute atomic E-state index is 13.4. The van der Waals surface area contributed by atoms with Crippen molar-refractivity contribution in [3.63, 3.8) is 0 Å². The number of halogens is 1. The lowest BCUT2D eigenvalue weighted by molar-refractivity contribution is 0.121. The number of ether oxygens (including phenoxy) is 1. The van der Waals surface area contributed by atoms with E-state index in [0.29, 0.717) is 30.2 Å². The first-order valence-corrected chi connectivity index (χ1v) is 6.61. The quantitative estimate of drug-likeness (QED) is 0.618. The highest BCUT2D eigenvalue weighted by Crippen LogP contribution is 2.20. The number of nitrogens with two attached hydrogens (primary N) is 1. The lowest BCUT2D eigenvalue weighted by Gasteiger charge is -2.06. The average molecular weight is 279 g/mol. The predicted molar refractivity (Wildman–Crippen MR) is 73.4 cm³/mol. The largest absolute Gasteiger partial charge is 0.399 e. The first-order valence-electron chi connectivity index (χ1n) is 6.61. The Hall–Kier alpha value is -2.02. The lowest BCUT2D eigenvalue weighted by Crippen LogP contribution is -2.10. The van der Waals surface area contributed by atoms with Gasteiger partial charge in [0.05, 0.1) is 13.2 Å². The van der Waals surface area contributed by atoms with E-state index in [-0.39, 0.29) is 0 Å². The molecule has 0 amide bonds. The molecular formula is C13H18FN5O. The van der Waals surface area contributed by atoms with Crippen LogP contribution in [0.5, 0.6) is 0 Å². The van der Waals surface area contributed by atoms with Gasteiger partial charge in [-0.15, -0.1) is 5.10 Å². The zero-order valence-electron chi connectivity index (χ0n) is 11.4. The predicted octanol–water partition coefficient (Wildman–Crippen LogP) is 1.88. The van der Waals surface area contributed by atoms with Crippen molar-refractivity contribution in [1.82, 2.24) is 20.2 Å². The Morgan fingerprint density at radius 2 is 2.15 bits per heavy atom. The molecule has 0 aliphatic rings. The fourth-order valence-electron chi connectivity index (χ4n) is 1.80. The highest BCUT2D eigenvalue weighted by atomic mass is 19.1. The van der Waals surface area contributed by atoms with Crippen molar-refractivity contribution in [3.05, 3.63) is 24.0 Å². The molecule has 0 spiro atoms. The summed E-state index contributed by atoms with van der Waals surface area (Å²) >= 11 is 0. The number of anilines is 1. The number of nitrogen functional groups attached to an aromatic ring is 1. The molecule has 108 valence electrons. The van der Waals surface area contributed by atoms with E-state index in [1.165, 1.54) is 12.1 Å². The summed E-state index contributed by atoms with van der Waals surface area (Å²) in [5.41, 5.74) is 6.53. The fraction of sp³-hybridized carbons (Fsp3) is 0.462. The molecule has 1 aromatic carbocycles. The van der Waals surface area contributed by atoms with E-state index in [1.54, 1.807) is 10.7 Å². The molecule has 0 fully saturated rings. The third-order valence-corrected chi connectivity index (χ3v) is 2.80. The Morgan fingerprint density at radius 1 is 1.30 bits per heavy atom. The molecule has 0 saturated heterocycles. The van der Waals surface area contributed by atoms with E-state index < -0.39 is 5.82 Å². The normalized spacial score (nSPS) is 10.9. The van der Waals surface area contributed by atoms with Crippen LogP contribution in [0.25, 0.3) is 11.4 Å². The number of hydrogen-bond donors (Lipinski definition) is 1. The van der Waals surface area contributed by atoms with E-state index in [0.717, 1.165) is 19.4 Å². The third kappa shape index (κ3) is 3.74. The zero-order chi connectivity index (χ0) is 14.4. The SMILES string of the molecule is CCCCOCCn1nnnc1-c1cc(N)cc(F)c1. The van der Waals surface area contributed by atoms with Crippen molar-refractivity contribution in [2.45, 2.75) is 26.3 Å². The molecule has 0 unspecified atom stereocenters. The molecule has 0 aliphatic heterocycles. The summed E-state index contributed by atoms with van der Waals surface area (Å²) in [5, 5.41) is 11.4. The van der Waals surface area contributed by atoms with Gasteiger partial charge < -0.3 is 10.5 Å². The number of benzene rings is 1. The van der Waals surface area contributed by atoms with E-state index in [2.05, 4.69) is 22.4 Å². The van der Waals surface area contributed by atoms with Crippen LogP contribution >= 0.6 is 0 Å². The monoisotopic (exact) mass is 279 g/mol. The van der Waals surface area contributed by atoms with Crippen LogP contribution in [-0.4, -0.2) is 33.4 Å². The van der Waals surface area contributed by atoms with E-state index in [1.807, 2.05) is 0 Å². The average Bonchev–Trinajstić information content (AvgIpc) is 2.86.